The summed E-state index contributed by atoms with van der Waals surface area (Å²) >= 11 is 0. The molecule has 3 rings (SSSR count). The first-order valence-corrected chi connectivity index (χ1v) is 5.81. The maximum absolute atomic E-state index is 10.3. The van der Waals surface area contributed by atoms with Gasteiger partial charge in [0, 0.05) is 23.1 Å². The van der Waals surface area contributed by atoms with Crippen molar-refractivity contribution in [2.75, 3.05) is 6.54 Å². The topological polar surface area (TPSA) is 48.0 Å². The van der Waals surface area contributed by atoms with E-state index >= 15 is 0 Å². The number of benzene rings is 1. The van der Waals surface area contributed by atoms with Gasteiger partial charge < -0.3 is 15.4 Å². The molecule has 0 bridgehead atoms. The van der Waals surface area contributed by atoms with Gasteiger partial charge in [-0.3, -0.25) is 0 Å². The van der Waals surface area contributed by atoms with Crippen LogP contribution in [0.15, 0.2) is 24.4 Å². The first kappa shape index (κ1) is 9.87. The van der Waals surface area contributed by atoms with Crippen molar-refractivity contribution in [1.29, 1.82) is 0 Å². The van der Waals surface area contributed by atoms with E-state index in [2.05, 4.69) is 29.5 Å². The van der Waals surface area contributed by atoms with Crippen molar-refractivity contribution in [3.8, 4) is 0 Å². The number of hydrogen-bond donors (Lipinski definition) is 3. The first-order chi connectivity index (χ1) is 7.81. The molecule has 0 saturated carbocycles. The normalized spacial score (nSPS) is 23.9. The molecular formula is C13H16N2O. The van der Waals surface area contributed by atoms with E-state index in [1.807, 2.05) is 12.1 Å². The third kappa shape index (κ3) is 1.29. The average Bonchev–Trinajstić information content (AvgIpc) is 2.70. The predicted octanol–water partition coefficient (Wildman–Crippen LogP) is 1.74. The Morgan fingerprint density at radius 3 is 3.19 bits per heavy atom. The Morgan fingerprint density at radius 2 is 2.38 bits per heavy atom. The van der Waals surface area contributed by atoms with Crippen molar-refractivity contribution in [3.63, 3.8) is 0 Å². The van der Waals surface area contributed by atoms with E-state index in [0.29, 0.717) is 0 Å². The molecule has 0 saturated heterocycles. The standard InChI is InChI=1S/C13H16N2O/c1-2-14-11-6-8-7-15-10-5-3-4-9(12(8)10)13(11)16/h3-5,7,11,13-16H,2,6H2,1H3. The highest BCUT2D eigenvalue weighted by atomic mass is 16.3. The second-order valence-electron chi connectivity index (χ2n) is 4.40. The van der Waals surface area contributed by atoms with E-state index < -0.39 is 6.10 Å². The third-order valence-electron chi connectivity index (χ3n) is 3.43. The lowest BCUT2D eigenvalue weighted by Crippen LogP contribution is -2.38. The Bertz CT molecular complexity index is 518. The number of hydrogen-bond acceptors (Lipinski definition) is 2. The fourth-order valence-electron chi connectivity index (χ4n) is 2.70. The SMILES string of the molecule is CCNC1Cc2c[nH]c3cccc(c23)C1O. The molecule has 0 spiro atoms. The fourth-order valence-corrected chi connectivity index (χ4v) is 2.70. The monoisotopic (exact) mass is 216 g/mol. The van der Waals surface area contributed by atoms with Gasteiger partial charge in [0.05, 0.1) is 6.10 Å². The number of H-pyrrole nitrogens is 1. The van der Waals surface area contributed by atoms with Crippen LogP contribution >= 0.6 is 0 Å². The molecule has 1 heterocycles. The Labute approximate surface area is 94.5 Å². The van der Waals surface area contributed by atoms with E-state index in [1.54, 1.807) is 0 Å². The summed E-state index contributed by atoms with van der Waals surface area (Å²) in [6.07, 6.45) is 2.56. The number of likely N-dealkylation sites (N-methyl/N-ethyl adjacent to an activating group) is 1. The zero-order valence-electron chi connectivity index (χ0n) is 9.33. The molecule has 2 atom stereocenters. The fraction of sp³-hybridized carbons (Fsp3) is 0.385. The van der Waals surface area contributed by atoms with Gasteiger partial charge in [-0.05, 0) is 30.2 Å². The lowest BCUT2D eigenvalue weighted by Gasteiger charge is -2.28. The Morgan fingerprint density at radius 1 is 1.50 bits per heavy atom. The van der Waals surface area contributed by atoms with Crippen LogP contribution in [-0.2, 0) is 6.42 Å². The minimum atomic E-state index is -0.396. The highest BCUT2D eigenvalue weighted by Crippen LogP contribution is 2.35. The molecular weight excluding hydrogens is 200 g/mol. The maximum atomic E-state index is 10.3. The summed E-state index contributed by atoms with van der Waals surface area (Å²) in [6, 6.07) is 6.21. The predicted molar refractivity (Wildman–Crippen MR) is 64.4 cm³/mol. The molecule has 0 amide bonds. The molecule has 1 aliphatic carbocycles. The van der Waals surface area contributed by atoms with E-state index in [-0.39, 0.29) is 6.04 Å². The summed E-state index contributed by atoms with van der Waals surface area (Å²) in [4.78, 5) is 3.26. The Hall–Kier alpha value is -1.32. The highest BCUT2D eigenvalue weighted by Gasteiger charge is 2.28. The number of aliphatic hydroxyl groups is 1. The second-order valence-corrected chi connectivity index (χ2v) is 4.40. The van der Waals surface area contributed by atoms with E-state index in [0.717, 1.165) is 24.0 Å². The van der Waals surface area contributed by atoms with Crippen LogP contribution in [-0.4, -0.2) is 22.7 Å². The maximum Gasteiger partial charge on any atom is 0.0952 e. The number of aromatic amines is 1. The largest absolute Gasteiger partial charge is 0.387 e. The van der Waals surface area contributed by atoms with Gasteiger partial charge in [0.1, 0.15) is 0 Å². The van der Waals surface area contributed by atoms with Crippen LogP contribution in [0, 0.1) is 0 Å². The molecule has 3 N–H and O–H groups in total. The van der Waals surface area contributed by atoms with Gasteiger partial charge in [-0.25, -0.2) is 0 Å². The summed E-state index contributed by atoms with van der Waals surface area (Å²) in [5.41, 5.74) is 3.48. The van der Waals surface area contributed by atoms with Crippen LogP contribution in [0.25, 0.3) is 10.9 Å². The summed E-state index contributed by atoms with van der Waals surface area (Å²) < 4.78 is 0. The van der Waals surface area contributed by atoms with Crippen molar-refractivity contribution in [1.82, 2.24) is 10.3 Å². The number of aliphatic hydroxyl groups excluding tert-OH is 1. The number of nitrogens with one attached hydrogen (secondary N) is 2. The van der Waals surface area contributed by atoms with Gasteiger partial charge in [0.25, 0.3) is 0 Å². The van der Waals surface area contributed by atoms with Crippen LogP contribution in [0.2, 0.25) is 0 Å². The van der Waals surface area contributed by atoms with Crippen LogP contribution in [0.1, 0.15) is 24.2 Å². The molecule has 84 valence electrons. The smallest absolute Gasteiger partial charge is 0.0952 e. The van der Waals surface area contributed by atoms with Crippen LogP contribution < -0.4 is 5.32 Å². The Balaban J connectivity index is 2.14. The van der Waals surface area contributed by atoms with Crippen LogP contribution in [0.3, 0.4) is 0 Å². The van der Waals surface area contributed by atoms with Crippen molar-refractivity contribution in [3.05, 3.63) is 35.5 Å². The van der Waals surface area contributed by atoms with Gasteiger partial charge in [0.15, 0.2) is 0 Å². The van der Waals surface area contributed by atoms with E-state index in [9.17, 15) is 5.11 Å². The summed E-state index contributed by atoms with van der Waals surface area (Å²) in [7, 11) is 0. The van der Waals surface area contributed by atoms with Crippen molar-refractivity contribution in [2.24, 2.45) is 0 Å². The first-order valence-electron chi connectivity index (χ1n) is 5.81. The van der Waals surface area contributed by atoms with Crippen molar-refractivity contribution < 1.29 is 5.11 Å². The molecule has 3 heteroatoms. The zero-order chi connectivity index (χ0) is 11.1. The average molecular weight is 216 g/mol. The minimum Gasteiger partial charge on any atom is -0.387 e. The van der Waals surface area contributed by atoms with Crippen LogP contribution in [0.4, 0.5) is 0 Å². The Kier molecular flexibility index (Phi) is 2.23. The number of rotatable bonds is 2. The molecule has 2 unspecified atom stereocenters. The van der Waals surface area contributed by atoms with Crippen molar-refractivity contribution in [2.45, 2.75) is 25.5 Å². The molecule has 0 radical (unpaired) electrons. The highest BCUT2D eigenvalue weighted by molar-refractivity contribution is 5.88. The summed E-state index contributed by atoms with van der Waals surface area (Å²) in [5.74, 6) is 0. The zero-order valence-corrected chi connectivity index (χ0v) is 9.33. The van der Waals surface area contributed by atoms with Gasteiger partial charge in [-0.15, -0.1) is 0 Å². The summed E-state index contributed by atoms with van der Waals surface area (Å²) in [5, 5.41) is 14.9. The van der Waals surface area contributed by atoms with Gasteiger partial charge in [-0.1, -0.05) is 19.1 Å². The molecule has 1 aromatic heterocycles. The molecule has 3 nitrogen and oxygen atoms in total. The number of aromatic nitrogens is 1. The van der Waals surface area contributed by atoms with Gasteiger partial charge in [-0.2, -0.15) is 0 Å². The molecule has 2 aromatic rings. The van der Waals surface area contributed by atoms with E-state index in [1.165, 1.54) is 10.9 Å². The van der Waals surface area contributed by atoms with Crippen LogP contribution in [0.5, 0.6) is 0 Å². The molecule has 0 fully saturated rings. The lowest BCUT2D eigenvalue weighted by molar-refractivity contribution is 0.127. The quantitative estimate of drug-likeness (QED) is 0.716. The van der Waals surface area contributed by atoms with E-state index in [4.69, 9.17) is 0 Å². The van der Waals surface area contributed by atoms with Gasteiger partial charge in [0.2, 0.25) is 0 Å². The molecule has 16 heavy (non-hydrogen) atoms. The molecule has 0 aliphatic heterocycles. The minimum absolute atomic E-state index is 0.138. The lowest BCUT2D eigenvalue weighted by atomic mass is 9.87. The van der Waals surface area contributed by atoms with Crippen molar-refractivity contribution >= 4 is 10.9 Å². The molecule has 1 aromatic carbocycles. The third-order valence-corrected chi connectivity index (χ3v) is 3.43. The summed E-state index contributed by atoms with van der Waals surface area (Å²) in [6.45, 7) is 2.96. The van der Waals surface area contributed by atoms with Gasteiger partial charge >= 0.3 is 0 Å². The molecule has 1 aliphatic rings. The second kappa shape index (κ2) is 3.61.